The van der Waals surface area contributed by atoms with Crippen LogP contribution in [0.1, 0.15) is 17.2 Å². The van der Waals surface area contributed by atoms with Crippen molar-refractivity contribution in [3.63, 3.8) is 0 Å². The Balaban J connectivity index is 3.07. The van der Waals surface area contributed by atoms with Gasteiger partial charge in [-0.05, 0) is 24.1 Å². The molecular formula is C9H13NO2. The van der Waals surface area contributed by atoms with Gasteiger partial charge >= 0.3 is 0 Å². The molecule has 0 aliphatic heterocycles. The second-order valence-electron chi connectivity index (χ2n) is 2.78. The maximum absolute atomic E-state index is 9.31. The predicted octanol–water partition coefficient (Wildman–Crippen LogP) is 0.693. The maximum atomic E-state index is 9.31. The number of aromatic hydroxyl groups is 1. The second kappa shape index (κ2) is 3.56. The summed E-state index contributed by atoms with van der Waals surface area (Å²) >= 11 is 0. The molecule has 0 fully saturated rings. The van der Waals surface area contributed by atoms with Crippen LogP contribution in [0, 0.1) is 6.92 Å². The lowest BCUT2D eigenvalue weighted by atomic mass is 10.0. The lowest BCUT2D eigenvalue weighted by Gasteiger charge is -2.12. The third-order valence-corrected chi connectivity index (χ3v) is 1.94. The molecule has 0 amide bonds. The molecule has 0 spiro atoms. The zero-order valence-electron chi connectivity index (χ0n) is 6.99. The first-order valence-corrected chi connectivity index (χ1v) is 3.81. The van der Waals surface area contributed by atoms with Crippen molar-refractivity contribution in [3.05, 3.63) is 29.3 Å². The number of benzene rings is 1. The van der Waals surface area contributed by atoms with E-state index in [2.05, 4.69) is 0 Å². The van der Waals surface area contributed by atoms with E-state index in [1.54, 1.807) is 25.1 Å². The number of rotatable bonds is 2. The Morgan fingerprint density at radius 2 is 2.17 bits per heavy atom. The summed E-state index contributed by atoms with van der Waals surface area (Å²) in [6, 6.07) is 4.71. The van der Waals surface area contributed by atoms with Gasteiger partial charge in [0.1, 0.15) is 5.75 Å². The van der Waals surface area contributed by atoms with E-state index in [0.29, 0.717) is 0 Å². The van der Waals surface area contributed by atoms with Crippen molar-refractivity contribution >= 4 is 0 Å². The standard InChI is InChI=1S/C9H13NO2/c1-6-7(8(10)5-11)3-2-4-9(6)12/h2-4,8,11-12H,5,10H2,1H3/t8-/m1/s1. The minimum absolute atomic E-state index is 0.107. The minimum Gasteiger partial charge on any atom is -0.508 e. The Morgan fingerprint density at radius 1 is 1.50 bits per heavy atom. The Bertz CT molecular complexity index is 273. The third-order valence-electron chi connectivity index (χ3n) is 1.94. The molecule has 0 aromatic heterocycles. The van der Waals surface area contributed by atoms with Crippen molar-refractivity contribution in [1.29, 1.82) is 0 Å². The fraction of sp³-hybridized carbons (Fsp3) is 0.333. The van der Waals surface area contributed by atoms with Crippen LogP contribution < -0.4 is 5.73 Å². The van der Waals surface area contributed by atoms with Crippen LogP contribution in [-0.2, 0) is 0 Å². The third kappa shape index (κ3) is 1.57. The summed E-state index contributed by atoms with van der Waals surface area (Å²) in [6.07, 6.45) is 0. The van der Waals surface area contributed by atoms with Crippen LogP contribution in [0.15, 0.2) is 18.2 Å². The van der Waals surface area contributed by atoms with Crippen LogP contribution in [0.3, 0.4) is 0 Å². The van der Waals surface area contributed by atoms with Gasteiger partial charge in [-0.2, -0.15) is 0 Å². The van der Waals surface area contributed by atoms with Crippen molar-refractivity contribution < 1.29 is 10.2 Å². The molecule has 0 radical (unpaired) electrons. The van der Waals surface area contributed by atoms with Gasteiger partial charge in [0.05, 0.1) is 12.6 Å². The maximum Gasteiger partial charge on any atom is 0.118 e. The molecule has 3 heteroatoms. The first-order chi connectivity index (χ1) is 5.66. The highest BCUT2D eigenvalue weighted by Gasteiger charge is 2.08. The van der Waals surface area contributed by atoms with Crippen LogP contribution in [-0.4, -0.2) is 16.8 Å². The first-order valence-electron chi connectivity index (χ1n) is 3.81. The summed E-state index contributed by atoms with van der Waals surface area (Å²) < 4.78 is 0. The van der Waals surface area contributed by atoms with Crippen molar-refractivity contribution in [2.45, 2.75) is 13.0 Å². The number of aliphatic hydroxyl groups is 1. The lowest BCUT2D eigenvalue weighted by Crippen LogP contribution is -2.15. The van der Waals surface area contributed by atoms with Gasteiger partial charge in [0.15, 0.2) is 0 Å². The quantitative estimate of drug-likeness (QED) is 0.607. The highest BCUT2D eigenvalue weighted by atomic mass is 16.3. The fourth-order valence-electron chi connectivity index (χ4n) is 1.14. The molecule has 0 aliphatic carbocycles. The molecule has 1 atom stereocenters. The topological polar surface area (TPSA) is 66.5 Å². The highest BCUT2D eigenvalue weighted by Crippen LogP contribution is 2.23. The molecule has 1 rings (SSSR count). The van der Waals surface area contributed by atoms with E-state index in [-0.39, 0.29) is 12.4 Å². The zero-order chi connectivity index (χ0) is 9.14. The van der Waals surface area contributed by atoms with Crippen LogP contribution in [0.5, 0.6) is 5.75 Å². The molecule has 1 aromatic rings. The van der Waals surface area contributed by atoms with Gasteiger partial charge in [0, 0.05) is 0 Å². The van der Waals surface area contributed by atoms with Crippen LogP contribution >= 0.6 is 0 Å². The van der Waals surface area contributed by atoms with Gasteiger partial charge in [0.2, 0.25) is 0 Å². The fourth-order valence-corrected chi connectivity index (χ4v) is 1.14. The number of hydrogen-bond donors (Lipinski definition) is 3. The van der Waals surface area contributed by atoms with Gasteiger partial charge in [-0.15, -0.1) is 0 Å². The SMILES string of the molecule is Cc1c(O)cccc1[C@H](N)CO. The van der Waals surface area contributed by atoms with Gasteiger partial charge in [-0.25, -0.2) is 0 Å². The Kier molecular flexibility index (Phi) is 2.68. The lowest BCUT2D eigenvalue weighted by molar-refractivity contribution is 0.267. The van der Waals surface area contributed by atoms with Crippen molar-refractivity contribution in [3.8, 4) is 5.75 Å². The molecule has 0 bridgehead atoms. The Hall–Kier alpha value is -1.06. The van der Waals surface area contributed by atoms with E-state index < -0.39 is 6.04 Å². The molecule has 0 aliphatic rings. The summed E-state index contributed by atoms with van der Waals surface area (Å²) in [7, 11) is 0. The molecule has 66 valence electrons. The van der Waals surface area contributed by atoms with E-state index >= 15 is 0 Å². The van der Waals surface area contributed by atoms with E-state index in [9.17, 15) is 5.11 Å². The van der Waals surface area contributed by atoms with Gasteiger partial charge < -0.3 is 15.9 Å². The van der Waals surface area contributed by atoms with E-state index in [1.807, 2.05) is 0 Å². The van der Waals surface area contributed by atoms with Crippen molar-refractivity contribution in [2.75, 3.05) is 6.61 Å². The minimum atomic E-state index is -0.405. The largest absolute Gasteiger partial charge is 0.508 e. The van der Waals surface area contributed by atoms with Crippen LogP contribution in [0.4, 0.5) is 0 Å². The molecule has 0 heterocycles. The summed E-state index contributed by atoms with van der Waals surface area (Å²) in [5.41, 5.74) is 7.13. The smallest absolute Gasteiger partial charge is 0.118 e. The Morgan fingerprint density at radius 3 is 2.75 bits per heavy atom. The normalized spacial score (nSPS) is 12.9. The zero-order valence-corrected chi connectivity index (χ0v) is 6.99. The molecule has 1 aromatic carbocycles. The average molecular weight is 167 g/mol. The highest BCUT2D eigenvalue weighted by molar-refractivity contribution is 5.39. The molecular weight excluding hydrogens is 154 g/mol. The van der Waals surface area contributed by atoms with Crippen molar-refractivity contribution in [1.82, 2.24) is 0 Å². The molecule has 0 saturated carbocycles. The summed E-state index contributed by atoms with van der Waals surface area (Å²) in [5.74, 6) is 0.219. The molecule has 3 nitrogen and oxygen atoms in total. The van der Waals surface area contributed by atoms with Gasteiger partial charge in [-0.1, -0.05) is 12.1 Å². The van der Waals surface area contributed by atoms with Crippen LogP contribution in [0.2, 0.25) is 0 Å². The number of aliphatic hydroxyl groups excluding tert-OH is 1. The molecule has 4 N–H and O–H groups in total. The average Bonchev–Trinajstić information content (AvgIpc) is 2.08. The number of hydrogen-bond acceptors (Lipinski definition) is 3. The molecule has 12 heavy (non-hydrogen) atoms. The van der Waals surface area contributed by atoms with Crippen LogP contribution in [0.25, 0.3) is 0 Å². The first kappa shape index (κ1) is 9.03. The monoisotopic (exact) mass is 167 g/mol. The van der Waals surface area contributed by atoms with Gasteiger partial charge in [0.25, 0.3) is 0 Å². The second-order valence-corrected chi connectivity index (χ2v) is 2.78. The molecule has 0 saturated heterocycles. The van der Waals surface area contributed by atoms with E-state index in [0.717, 1.165) is 11.1 Å². The van der Waals surface area contributed by atoms with E-state index in [4.69, 9.17) is 10.8 Å². The Labute approximate surface area is 71.5 Å². The molecule has 0 unspecified atom stereocenters. The van der Waals surface area contributed by atoms with Crippen molar-refractivity contribution in [2.24, 2.45) is 5.73 Å². The van der Waals surface area contributed by atoms with Gasteiger partial charge in [-0.3, -0.25) is 0 Å². The predicted molar refractivity (Wildman–Crippen MR) is 46.9 cm³/mol. The summed E-state index contributed by atoms with van der Waals surface area (Å²) in [4.78, 5) is 0. The summed E-state index contributed by atoms with van der Waals surface area (Å²) in [6.45, 7) is 1.67. The number of phenolic OH excluding ortho intramolecular Hbond substituents is 1. The summed E-state index contributed by atoms with van der Waals surface area (Å²) in [5, 5.41) is 18.1. The number of nitrogens with two attached hydrogens (primary N) is 1. The number of phenols is 1. The van der Waals surface area contributed by atoms with E-state index in [1.165, 1.54) is 0 Å².